The summed E-state index contributed by atoms with van der Waals surface area (Å²) in [5, 5.41) is 19.4. The molecule has 3 aromatic carbocycles. The van der Waals surface area contributed by atoms with E-state index in [1.54, 1.807) is 42.5 Å². The number of phenolic OH excluding ortho intramolecular Hbond substituents is 1. The van der Waals surface area contributed by atoms with Gasteiger partial charge in [-0.25, -0.2) is 0 Å². The smallest absolute Gasteiger partial charge is 0.416 e. The van der Waals surface area contributed by atoms with Crippen molar-refractivity contribution in [2.45, 2.75) is 19.0 Å². The van der Waals surface area contributed by atoms with Crippen LogP contribution in [-0.2, 0) is 12.6 Å². The van der Waals surface area contributed by atoms with E-state index in [1.165, 1.54) is 6.07 Å². The summed E-state index contributed by atoms with van der Waals surface area (Å²) in [4.78, 5) is 15.9. The maximum absolute atomic E-state index is 13.2. The molecule has 9 nitrogen and oxygen atoms in total. The lowest BCUT2D eigenvalue weighted by molar-refractivity contribution is -0.137. The van der Waals surface area contributed by atoms with Gasteiger partial charge in [0.05, 0.1) is 12.2 Å². The Kier molecular flexibility index (Phi) is 9.77. The molecular formula is C31H34F3N7O2. The van der Waals surface area contributed by atoms with Gasteiger partial charge in [0.2, 0.25) is 17.8 Å². The van der Waals surface area contributed by atoms with E-state index in [1.807, 2.05) is 12.1 Å². The summed E-state index contributed by atoms with van der Waals surface area (Å²) in [5.41, 5.74) is 1.42. The molecule has 1 fully saturated rings. The van der Waals surface area contributed by atoms with Crippen molar-refractivity contribution in [3.63, 3.8) is 0 Å². The summed E-state index contributed by atoms with van der Waals surface area (Å²) in [6, 6.07) is 19.4. The van der Waals surface area contributed by atoms with Crippen LogP contribution in [0.1, 0.15) is 17.5 Å². The first-order valence-electron chi connectivity index (χ1n) is 14.2. The zero-order valence-corrected chi connectivity index (χ0v) is 23.6. The molecule has 0 aliphatic carbocycles. The molecule has 1 saturated heterocycles. The number of alkyl halides is 3. The van der Waals surface area contributed by atoms with E-state index in [0.29, 0.717) is 60.8 Å². The van der Waals surface area contributed by atoms with Crippen LogP contribution in [0.25, 0.3) is 11.1 Å². The zero-order valence-electron chi connectivity index (χ0n) is 23.6. The van der Waals surface area contributed by atoms with Crippen LogP contribution in [0.15, 0.2) is 72.8 Å². The predicted octanol–water partition coefficient (Wildman–Crippen LogP) is 5.21. The Morgan fingerprint density at radius 1 is 0.860 bits per heavy atom. The highest BCUT2D eigenvalue weighted by atomic mass is 19.4. The molecule has 4 aromatic rings. The number of halogens is 3. The third-order valence-corrected chi connectivity index (χ3v) is 6.91. The molecule has 0 radical (unpaired) electrons. The van der Waals surface area contributed by atoms with Crippen molar-refractivity contribution in [3.8, 4) is 22.6 Å². The molecule has 0 bridgehead atoms. The number of piperazine rings is 1. The summed E-state index contributed by atoms with van der Waals surface area (Å²) >= 11 is 0. The molecule has 1 aromatic heterocycles. The Labute approximate surface area is 248 Å². The van der Waals surface area contributed by atoms with Gasteiger partial charge in [-0.2, -0.15) is 28.1 Å². The monoisotopic (exact) mass is 593 g/mol. The number of nitrogens with one attached hydrogen (secondary N) is 3. The van der Waals surface area contributed by atoms with Gasteiger partial charge < -0.3 is 30.7 Å². The molecule has 4 N–H and O–H groups in total. The number of nitrogens with zero attached hydrogens (tertiary/aromatic N) is 4. The second-order valence-electron chi connectivity index (χ2n) is 10.1. The zero-order chi connectivity index (χ0) is 30.1. The first kappa shape index (κ1) is 29.9. The molecule has 5 rings (SSSR count). The Hall–Kier alpha value is -4.58. The molecule has 0 atom stereocenters. The predicted molar refractivity (Wildman–Crippen MR) is 161 cm³/mol. The molecule has 43 heavy (non-hydrogen) atoms. The maximum atomic E-state index is 13.2. The van der Waals surface area contributed by atoms with Crippen LogP contribution < -0.4 is 25.6 Å². The lowest BCUT2D eigenvalue weighted by atomic mass is 10.0. The minimum Gasteiger partial charge on any atom is -0.508 e. The summed E-state index contributed by atoms with van der Waals surface area (Å²) < 4.78 is 45.7. The van der Waals surface area contributed by atoms with E-state index in [-0.39, 0.29) is 5.75 Å². The second-order valence-corrected chi connectivity index (χ2v) is 10.1. The maximum Gasteiger partial charge on any atom is 0.416 e. The van der Waals surface area contributed by atoms with Gasteiger partial charge in [-0.05, 0) is 54.3 Å². The summed E-state index contributed by atoms with van der Waals surface area (Å²) in [6.45, 7) is 4.73. The Morgan fingerprint density at radius 2 is 1.58 bits per heavy atom. The van der Waals surface area contributed by atoms with Crippen molar-refractivity contribution >= 4 is 17.8 Å². The lowest BCUT2D eigenvalue weighted by Crippen LogP contribution is -2.44. The molecule has 1 aliphatic rings. The minimum absolute atomic E-state index is 0.232. The van der Waals surface area contributed by atoms with Gasteiger partial charge in [0, 0.05) is 44.8 Å². The third-order valence-electron chi connectivity index (χ3n) is 6.91. The fourth-order valence-electron chi connectivity index (χ4n) is 4.66. The summed E-state index contributed by atoms with van der Waals surface area (Å²) in [6.07, 6.45) is -3.08. The molecule has 2 heterocycles. The number of benzene rings is 3. The number of hydrogen-bond donors (Lipinski definition) is 4. The van der Waals surface area contributed by atoms with Gasteiger partial charge in [0.25, 0.3) is 0 Å². The van der Waals surface area contributed by atoms with Gasteiger partial charge in [-0.1, -0.05) is 42.5 Å². The Morgan fingerprint density at radius 3 is 2.33 bits per heavy atom. The van der Waals surface area contributed by atoms with E-state index in [2.05, 4.69) is 35.8 Å². The molecule has 0 unspecified atom stereocenters. The van der Waals surface area contributed by atoms with Gasteiger partial charge in [-0.15, -0.1) is 0 Å². The van der Waals surface area contributed by atoms with Crippen LogP contribution >= 0.6 is 0 Å². The molecule has 0 spiro atoms. The van der Waals surface area contributed by atoms with Crippen molar-refractivity contribution in [1.82, 2.24) is 20.3 Å². The van der Waals surface area contributed by atoms with E-state index >= 15 is 0 Å². The highest BCUT2D eigenvalue weighted by Gasteiger charge is 2.30. The number of aromatic nitrogens is 3. The van der Waals surface area contributed by atoms with E-state index in [4.69, 9.17) is 4.74 Å². The van der Waals surface area contributed by atoms with Crippen molar-refractivity contribution in [2.75, 3.05) is 61.4 Å². The van der Waals surface area contributed by atoms with Crippen LogP contribution in [0.4, 0.5) is 31.0 Å². The van der Waals surface area contributed by atoms with E-state index in [9.17, 15) is 18.3 Å². The van der Waals surface area contributed by atoms with Crippen LogP contribution in [0.3, 0.4) is 0 Å². The van der Waals surface area contributed by atoms with Crippen molar-refractivity contribution in [3.05, 3.63) is 83.9 Å². The topological polar surface area (TPSA) is 107 Å². The average Bonchev–Trinajstić information content (AvgIpc) is 3.02. The van der Waals surface area contributed by atoms with E-state index < -0.39 is 11.7 Å². The molecule has 12 heteroatoms. The molecular weight excluding hydrogens is 559 g/mol. The van der Waals surface area contributed by atoms with Crippen LogP contribution in [0, 0.1) is 0 Å². The SMILES string of the molecule is Oc1ccc(CCNc2nc(NCCCOc3ccccc3-c3cccc(C(F)(F)F)c3)nc(N3CCNCC3)n2)cc1. The first-order valence-corrected chi connectivity index (χ1v) is 14.2. The summed E-state index contributed by atoms with van der Waals surface area (Å²) in [7, 11) is 0. The fraction of sp³-hybridized carbons (Fsp3) is 0.323. The van der Waals surface area contributed by atoms with Crippen molar-refractivity contribution in [2.24, 2.45) is 0 Å². The molecule has 0 amide bonds. The third kappa shape index (κ3) is 8.48. The standard InChI is InChI=1S/C31H34F3N7O2/c32-31(33,34)24-6-3-5-23(21-24)26-7-1-2-8-27(26)43-20-4-14-36-28-38-29(37-15-13-22-9-11-25(42)12-10-22)40-30(39-28)41-18-16-35-17-19-41/h1-3,5-12,21,35,42H,4,13-20H2,(H2,36,37,38,39,40). The summed E-state index contributed by atoms with van der Waals surface area (Å²) in [5.74, 6) is 2.26. The number of hydrogen-bond acceptors (Lipinski definition) is 9. The van der Waals surface area contributed by atoms with Crippen molar-refractivity contribution < 1.29 is 23.0 Å². The minimum atomic E-state index is -4.42. The molecule has 1 aliphatic heterocycles. The van der Waals surface area contributed by atoms with Gasteiger partial charge in [0.1, 0.15) is 11.5 Å². The van der Waals surface area contributed by atoms with Gasteiger partial charge in [-0.3, -0.25) is 0 Å². The highest BCUT2D eigenvalue weighted by Crippen LogP contribution is 2.35. The normalized spacial score (nSPS) is 13.5. The number of aromatic hydroxyl groups is 1. The number of ether oxygens (including phenoxy) is 1. The highest BCUT2D eigenvalue weighted by molar-refractivity contribution is 5.71. The van der Waals surface area contributed by atoms with Crippen LogP contribution in [0.5, 0.6) is 11.5 Å². The Balaban J connectivity index is 1.19. The fourth-order valence-corrected chi connectivity index (χ4v) is 4.66. The first-order chi connectivity index (χ1) is 20.8. The van der Waals surface area contributed by atoms with Gasteiger partial charge in [0.15, 0.2) is 0 Å². The number of anilines is 3. The largest absolute Gasteiger partial charge is 0.508 e. The van der Waals surface area contributed by atoms with E-state index in [0.717, 1.165) is 50.3 Å². The lowest BCUT2D eigenvalue weighted by Gasteiger charge is -2.27. The average molecular weight is 594 g/mol. The number of phenols is 1. The quantitative estimate of drug-likeness (QED) is 0.165. The van der Waals surface area contributed by atoms with Crippen LogP contribution in [-0.4, -0.2) is 65.9 Å². The second kappa shape index (κ2) is 14.1. The van der Waals surface area contributed by atoms with Gasteiger partial charge >= 0.3 is 6.18 Å². The Bertz CT molecular complexity index is 1480. The number of para-hydroxylation sites is 1. The van der Waals surface area contributed by atoms with Crippen LogP contribution in [0.2, 0.25) is 0 Å². The molecule has 226 valence electrons. The number of rotatable bonds is 12. The van der Waals surface area contributed by atoms with Crippen molar-refractivity contribution in [1.29, 1.82) is 0 Å². The molecule has 0 saturated carbocycles.